The van der Waals surface area contributed by atoms with Crippen LogP contribution in [0.2, 0.25) is 0 Å². The van der Waals surface area contributed by atoms with Crippen molar-refractivity contribution in [2.75, 3.05) is 30.4 Å². The first-order valence-electron chi connectivity index (χ1n) is 12.4. The van der Waals surface area contributed by atoms with Crippen LogP contribution in [-0.4, -0.2) is 35.0 Å². The fourth-order valence-electron chi connectivity index (χ4n) is 5.21. The second-order valence-electron chi connectivity index (χ2n) is 9.52. The van der Waals surface area contributed by atoms with E-state index in [1.807, 2.05) is 36.3 Å². The summed E-state index contributed by atoms with van der Waals surface area (Å²) in [5.74, 6) is 0.220. The molecule has 0 amide bonds. The molecule has 0 aliphatic carbocycles. The number of ether oxygens (including phenoxy) is 1. The molecule has 1 N–H and O–H groups in total. The van der Waals surface area contributed by atoms with E-state index < -0.39 is 23.8 Å². The van der Waals surface area contributed by atoms with Crippen molar-refractivity contribution in [1.29, 1.82) is 0 Å². The fourth-order valence-corrected chi connectivity index (χ4v) is 5.21. The first kappa shape index (κ1) is 24.9. The van der Waals surface area contributed by atoms with E-state index in [0.717, 1.165) is 65.6 Å². The Labute approximate surface area is 214 Å². The maximum atomic E-state index is 14.8. The predicted molar refractivity (Wildman–Crippen MR) is 139 cm³/mol. The monoisotopic (exact) mass is 509 g/mol. The van der Waals surface area contributed by atoms with Crippen LogP contribution in [0.5, 0.6) is 5.75 Å². The molecule has 1 atom stereocenters. The van der Waals surface area contributed by atoms with E-state index >= 15 is 0 Å². The quantitative estimate of drug-likeness (QED) is 0.304. The van der Waals surface area contributed by atoms with Gasteiger partial charge in [-0.05, 0) is 43.4 Å². The van der Waals surface area contributed by atoms with Gasteiger partial charge >= 0.3 is 0 Å². The molecule has 0 unspecified atom stereocenters. The predicted octanol–water partition coefficient (Wildman–Crippen LogP) is 6.61. The molecule has 37 heavy (non-hydrogen) atoms. The van der Waals surface area contributed by atoms with Gasteiger partial charge in [0.05, 0.1) is 36.1 Å². The van der Waals surface area contributed by atoms with E-state index in [1.165, 1.54) is 12.1 Å². The number of alkyl halides is 2. The number of rotatable bonds is 7. The zero-order chi connectivity index (χ0) is 26.1. The number of nitrogens with one attached hydrogen (secondary N) is 1. The summed E-state index contributed by atoms with van der Waals surface area (Å²) in [5.41, 5.74) is 3.34. The minimum absolute atomic E-state index is 0.194. The van der Waals surface area contributed by atoms with Crippen molar-refractivity contribution in [3.05, 3.63) is 77.5 Å². The van der Waals surface area contributed by atoms with E-state index in [-0.39, 0.29) is 5.56 Å². The van der Waals surface area contributed by atoms with Crippen molar-refractivity contribution in [3.8, 4) is 5.75 Å². The number of aromatic nitrogens is 3. The summed E-state index contributed by atoms with van der Waals surface area (Å²) in [6, 6.07) is 9.46. The van der Waals surface area contributed by atoms with Crippen LogP contribution in [0.3, 0.4) is 0 Å². The van der Waals surface area contributed by atoms with Gasteiger partial charge in [-0.3, -0.25) is 9.67 Å². The molecule has 2 aromatic heterocycles. The van der Waals surface area contributed by atoms with Crippen LogP contribution in [0, 0.1) is 5.82 Å². The van der Waals surface area contributed by atoms with Gasteiger partial charge in [-0.1, -0.05) is 18.2 Å². The zero-order valence-corrected chi connectivity index (χ0v) is 21.1. The molecular weight excluding hydrogens is 479 g/mol. The van der Waals surface area contributed by atoms with Gasteiger partial charge in [0.25, 0.3) is 6.43 Å². The Kier molecular flexibility index (Phi) is 6.95. The summed E-state index contributed by atoms with van der Waals surface area (Å²) in [6.45, 7) is 3.58. The summed E-state index contributed by atoms with van der Waals surface area (Å²) >= 11 is 0. The number of halogens is 3. The normalized spacial score (nSPS) is 15.4. The molecule has 194 valence electrons. The van der Waals surface area contributed by atoms with Crippen molar-refractivity contribution in [2.45, 2.75) is 38.2 Å². The molecule has 0 saturated carbocycles. The molecule has 0 spiro atoms. The average Bonchev–Trinajstić information content (AvgIpc) is 3.34. The third-order valence-corrected chi connectivity index (χ3v) is 7.22. The van der Waals surface area contributed by atoms with E-state index in [4.69, 9.17) is 4.74 Å². The van der Waals surface area contributed by atoms with Gasteiger partial charge in [0.1, 0.15) is 11.6 Å². The topological polar surface area (TPSA) is 55.2 Å². The molecule has 1 saturated heterocycles. The smallest absolute Gasteiger partial charge is 0.266 e. The number of nitrogens with zero attached hydrogens (tertiary/aromatic N) is 4. The number of methoxy groups -OCH3 is 1. The Bertz CT molecular complexity index is 1400. The molecular formula is C28H30F3N5O. The number of benzene rings is 2. The molecule has 0 radical (unpaired) electrons. The Balaban J connectivity index is 1.43. The number of piperidine rings is 1. The standard InChI is InChI=1S/C28H30F3N5O/c1-17(20-5-4-6-21(27(20)29)28(30)31)34-24-7-10-32-25-14-26(37-3)22(13-23(24)25)18-8-11-36(12-9-18)19-15-33-35(2)16-19/h4-7,10,13-18,28H,8-9,11-12H2,1-3H3,(H,32,34)/t17-/m1/s1. The second-order valence-corrected chi connectivity index (χ2v) is 9.52. The molecule has 2 aromatic carbocycles. The van der Waals surface area contributed by atoms with Gasteiger partial charge in [-0.2, -0.15) is 5.10 Å². The lowest BCUT2D eigenvalue weighted by Gasteiger charge is -2.33. The van der Waals surface area contributed by atoms with Crippen LogP contribution in [0.1, 0.15) is 54.8 Å². The van der Waals surface area contributed by atoms with Gasteiger partial charge in [0, 0.05) is 55.2 Å². The van der Waals surface area contributed by atoms with Crippen LogP contribution in [0.15, 0.2) is 55.0 Å². The van der Waals surface area contributed by atoms with Crippen molar-refractivity contribution in [2.24, 2.45) is 7.05 Å². The van der Waals surface area contributed by atoms with Crippen LogP contribution < -0.4 is 15.0 Å². The molecule has 0 bridgehead atoms. The first-order chi connectivity index (χ1) is 17.9. The lowest BCUT2D eigenvalue weighted by atomic mass is 9.87. The maximum Gasteiger partial charge on any atom is 0.266 e. The summed E-state index contributed by atoms with van der Waals surface area (Å²) < 4.78 is 48.8. The highest BCUT2D eigenvalue weighted by Gasteiger charge is 2.25. The Hall–Kier alpha value is -3.75. The Morgan fingerprint density at radius 1 is 1.11 bits per heavy atom. The Morgan fingerprint density at radius 3 is 2.54 bits per heavy atom. The van der Waals surface area contributed by atoms with Crippen molar-refractivity contribution < 1.29 is 17.9 Å². The first-order valence-corrected chi connectivity index (χ1v) is 12.4. The zero-order valence-electron chi connectivity index (χ0n) is 21.1. The average molecular weight is 510 g/mol. The van der Waals surface area contributed by atoms with Gasteiger partial charge in [0.15, 0.2) is 0 Å². The lowest BCUT2D eigenvalue weighted by molar-refractivity contribution is 0.146. The van der Waals surface area contributed by atoms with E-state index in [9.17, 15) is 13.2 Å². The van der Waals surface area contributed by atoms with Gasteiger partial charge in [-0.15, -0.1) is 0 Å². The number of fused-ring (bicyclic) bond motifs is 1. The molecule has 1 aliphatic heterocycles. The van der Waals surface area contributed by atoms with Gasteiger partial charge in [0.2, 0.25) is 0 Å². The number of hydrogen-bond acceptors (Lipinski definition) is 5. The van der Waals surface area contributed by atoms with Crippen molar-refractivity contribution >= 4 is 22.3 Å². The van der Waals surface area contributed by atoms with Crippen molar-refractivity contribution in [1.82, 2.24) is 14.8 Å². The van der Waals surface area contributed by atoms with Crippen molar-refractivity contribution in [3.63, 3.8) is 0 Å². The van der Waals surface area contributed by atoms with Crippen LogP contribution in [0.4, 0.5) is 24.5 Å². The van der Waals surface area contributed by atoms with Crippen LogP contribution >= 0.6 is 0 Å². The minimum atomic E-state index is -2.87. The highest BCUT2D eigenvalue weighted by molar-refractivity contribution is 5.93. The highest BCUT2D eigenvalue weighted by atomic mass is 19.3. The van der Waals surface area contributed by atoms with E-state index in [2.05, 4.69) is 26.4 Å². The van der Waals surface area contributed by atoms with Crippen LogP contribution in [-0.2, 0) is 7.05 Å². The maximum absolute atomic E-state index is 14.8. The van der Waals surface area contributed by atoms with E-state index in [0.29, 0.717) is 5.92 Å². The molecule has 3 heterocycles. The van der Waals surface area contributed by atoms with Crippen LogP contribution in [0.25, 0.3) is 10.9 Å². The summed E-state index contributed by atoms with van der Waals surface area (Å²) in [7, 11) is 3.58. The lowest BCUT2D eigenvalue weighted by Crippen LogP contribution is -2.32. The summed E-state index contributed by atoms with van der Waals surface area (Å²) in [5, 5.41) is 8.49. The SMILES string of the molecule is COc1cc2nccc(N[C@H](C)c3cccc(C(F)F)c3F)c2cc1C1CCN(c2cnn(C)c2)CC1. The number of anilines is 2. The summed E-state index contributed by atoms with van der Waals surface area (Å²) in [6.07, 6.45) is 4.65. The molecule has 4 aromatic rings. The van der Waals surface area contributed by atoms with E-state index in [1.54, 1.807) is 20.2 Å². The molecule has 1 aliphatic rings. The Morgan fingerprint density at radius 2 is 1.86 bits per heavy atom. The number of aryl methyl sites for hydroxylation is 1. The minimum Gasteiger partial charge on any atom is -0.496 e. The number of pyridine rings is 1. The van der Waals surface area contributed by atoms with Gasteiger partial charge in [-0.25, -0.2) is 13.2 Å². The summed E-state index contributed by atoms with van der Waals surface area (Å²) in [4.78, 5) is 6.86. The molecule has 1 fully saturated rings. The molecule has 9 heteroatoms. The third-order valence-electron chi connectivity index (χ3n) is 7.22. The number of hydrogen-bond donors (Lipinski definition) is 1. The molecule has 6 nitrogen and oxygen atoms in total. The van der Waals surface area contributed by atoms with Gasteiger partial charge < -0.3 is 15.0 Å². The second kappa shape index (κ2) is 10.3. The fraction of sp³-hybridized carbons (Fsp3) is 0.357. The molecule has 5 rings (SSSR count). The highest BCUT2D eigenvalue weighted by Crippen LogP contribution is 2.39. The largest absolute Gasteiger partial charge is 0.496 e. The third kappa shape index (κ3) is 4.95.